The van der Waals surface area contributed by atoms with E-state index in [1.54, 1.807) is 0 Å². The van der Waals surface area contributed by atoms with E-state index < -0.39 is 0 Å². The molecule has 1 saturated heterocycles. The summed E-state index contributed by atoms with van der Waals surface area (Å²) < 4.78 is 13.8. The molecule has 0 radical (unpaired) electrons. The van der Waals surface area contributed by atoms with Crippen LogP contribution in [0.3, 0.4) is 0 Å². The van der Waals surface area contributed by atoms with Gasteiger partial charge in [-0.05, 0) is 29.3 Å². The molecule has 1 aromatic heterocycles. The van der Waals surface area contributed by atoms with E-state index in [9.17, 15) is 0 Å². The minimum absolute atomic E-state index is 0.240. The summed E-state index contributed by atoms with van der Waals surface area (Å²) >= 11 is 0. The van der Waals surface area contributed by atoms with Gasteiger partial charge in [-0.25, -0.2) is 0 Å². The van der Waals surface area contributed by atoms with Crippen LogP contribution in [0.2, 0.25) is 0 Å². The van der Waals surface area contributed by atoms with Crippen molar-refractivity contribution < 1.29 is 9.47 Å². The molecule has 7 rings (SSSR count). The average Bonchev–Trinajstić information content (AvgIpc) is 3.58. The van der Waals surface area contributed by atoms with Gasteiger partial charge in [0.05, 0.1) is 23.3 Å². The first kappa shape index (κ1) is 16.3. The summed E-state index contributed by atoms with van der Waals surface area (Å²) in [5.41, 5.74) is 8.65. The van der Waals surface area contributed by atoms with Crippen molar-refractivity contribution in [3.63, 3.8) is 0 Å². The molecule has 3 heteroatoms. The molecule has 30 heavy (non-hydrogen) atoms. The fourth-order valence-corrected chi connectivity index (χ4v) is 4.81. The smallest absolute Gasteiger partial charge is 0.121 e. The van der Waals surface area contributed by atoms with Crippen LogP contribution in [-0.4, -0.2) is 23.9 Å². The van der Waals surface area contributed by atoms with Gasteiger partial charge in [-0.2, -0.15) is 0 Å². The molecule has 0 saturated carbocycles. The summed E-state index contributed by atoms with van der Waals surface area (Å²) in [5.74, 6) is 0.882. The van der Waals surface area contributed by atoms with Gasteiger partial charge < -0.3 is 14.0 Å². The van der Waals surface area contributed by atoms with Crippen molar-refractivity contribution in [3.05, 3.63) is 84.9 Å². The van der Waals surface area contributed by atoms with Crippen molar-refractivity contribution in [1.82, 2.24) is 4.57 Å². The van der Waals surface area contributed by atoms with Crippen molar-refractivity contribution in [2.45, 2.75) is 6.10 Å². The topological polar surface area (TPSA) is 26.7 Å². The second-order valence-electron chi connectivity index (χ2n) is 8.05. The Balaban J connectivity index is 1.62. The summed E-state index contributed by atoms with van der Waals surface area (Å²) in [6.07, 6.45) is 0.240. The summed E-state index contributed by atoms with van der Waals surface area (Å²) in [5, 5.41) is 2.56. The van der Waals surface area contributed by atoms with Crippen molar-refractivity contribution >= 4 is 21.8 Å². The first-order valence-electron chi connectivity index (χ1n) is 10.4. The molecule has 3 nitrogen and oxygen atoms in total. The molecular formula is C27H19NO2. The van der Waals surface area contributed by atoms with Gasteiger partial charge in [0.2, 0.25) is 0 Å². The van der Waals surface area contributed by atoms with E-state index in [1.165, 1.54) is 44.1 Å². The fraction of sp³-hybridized carbons (Fsp3) is 0.111. The second-order valence-corrected chi connectivity index (χ2v) is 8.05. The largest absolute Gasteiger partial charge is 0.491 e. The molecule has 1 atom stereocenters. The maximum absolute atomic E-state index is 6.06. The van der Waals surface area contributed by atoms with E-state index in [0.29, 0.717) is 6.61 Å². The van der Waals surface area contributed by atoms with Crippen LogP contribution < -0.4 is 4.74 Å². The molecule has 0 spiro atoms. The van der Waals surface area contributed by atoms with Crippen molar-refractivity contribution in [1.29, 1.82) is 0 Å². The Kier molecular flexibility index (Phi) is 3.24. The number of aromatic nitrogens is 1. The number of rotatable bonds is 3. The molecule has 2 aliphatic heterocycles. The molecule has 4 aromatic carbocycles. The monoisotopic (exact) mass is 389 g/mol. The van der Waals surface area contributed by atoms with E-state index >= 15 is 0 Å². The number of ether oxygens (including phenoxy) is 2. The number of para-hydroxylation sites is 2. The summed E-state index contributed by atoms with van der Waals surface area (Å²) in [6, 6.07) is 30.5. The van der Waals surface area contributed by atoms with Crippen LogP contribution in [0.5, 0.6) is 5.75 Å². The lowest BCUT2D eigenvalue weighted by atomic mass is 9.93. The Morgan fingerprint density at radius 2 is 1.50 bits per heavy atom. The number of nitrogens with zero attached hydrogens (tertiary/aromatic N) is 1. The number of hydrogen-bond donors (Lipinski definition) is 0. The highest BCUT2D eigenvalue weighted by molar-refractivity contribution is 6.16. The third-order valence-corrected chi connectivity index (χ3v) is 6.25. The van der Waals surface area contributed by atoms with Gasteiger partial charge in [-0.15, -0.1) is 0 Å². The van der Waals surface area contributed by atoms with Crippen LogP contribution in [0.15, 0.2) is 84.9 Å². The quantitative estimate of drug-likeness (QED) is 0.337. The lowest BCUT2D eigenvalue weighted by Crippen LogP contribution is -2.05. The Labute approximate surface area is 174 Å². The molecule has 0 aliphatic carbocycles. The van der Waals surface area contributed by atoms with Crippen LogP contribution in [-0.2, 0) is 4.74 Å². The van der Waals surface area contributed by atoms with Crippen LogP contribution in [0.1, 0.15) is 0 Å². The molecule has 1 fully saturated rings. The molecule has 0 N–H and O–H groups in total. The minimum Gasteiger partial charge on any atom is -0.491 e. The normalized spacial score (nSPS) is 16.2. The molecule has 144 valence electrons. The SMILES string of the molecule is c1ccc2c(c1)-c1ccc(OCC3CO3)cc1-n1c3ccccc3c3cccc-2c31. The van der Waals surface area contributed by atoms with Crippen molar-refractivity contribution in [2.24, 2.45) is 0 Å². The van der Waals surface area contributed by atoms with Gasteiger partial charge in [-0.1, -0.05) is 60.7 Å². The zero-order chi connectivity index (χ0) is 19.7. The predicted molar refractivity (Wildman–Crippen MR) is 120 cm³/mol. The summed E-state index contributed by atoms with van der Waals surface area (Å²) in [6.45, 7) is 1.41. The first-order valence-corrected chi connectivity index (χ1v) is 10.4. The number of benzene rings is 4. The van der Waals surface area contributed by atoms with Crippen molar-refractivity contribution in [3.8, 4) is 33.7 Å². The van der Waals surface area contributed by atoms with E-state index in [2.05, 4.69) is 89.5 Å². The lowest BCUT2D eigenvalue weighted by Gasteiger charge is -2.14. The summed E-state index contributed by atoms with van der Waals surface area (Å²) in [7, 11) is 0. The second kappa shape index (κ2) is 5.97. The predicted octanol–water partition coefficient (Wildman–Crippen LogP) is 6.21. The number of fused-ring (bicyclic) bond motifs is 8. The fourth-order valence-electron chi connectivity index (χ4n) is 4.81. The molecule has 3 heterocycles. The van der Waals surface area contributed by atoms with E-state index in [0.717, 1.165) is 18.0 Å². The zero-order valence-corrected chi connectivity index (χ0v) is 16.3. The number of hydrogen-bond acceptors (Lipinski definition) is 2. The third-order valence-electron chi connectivity index (χ3n) is 6.25. The summed E-state index contributed by atoms with van der Waals surface area (Å²) in [4.78, 5) is 0. The highest BCUT2D eigenvalue weighted by Crippen LogP contribution is 2.47. The first-order chi connectivity index (χ1) is 14.9. The van der Waals surface area contributed by atoms with Crippen LogP contribution >= 0.6 is 0 Å². The maximum Gasteiger partial charge on any atom is 0.121 e. The van der Waals surface area contributed by atoms with E-state index in [-0.39, 0.29) is 6.10 Å². The van der Waals surface area contributed by atoms with Crippen LogP contribution in [0, 0.1) is 0 Å². The molecule has 0 amide bonds. The Hall–Kier alpha value is -3.56. The van der Waals surface area contributed by atoms with Gasteiger partial charge in [0.1, 0.15) is 18.5 Å². The van der Waals surface area contributed by atoms with Gasteiger partial charge in [0.25, 0.3) is 0 Å². The van der Waals surface area contributed by atoms with Gasteiger partial charge >= 0.3 is 0 Å². The number of epoxide rings is 1. The lowest BCUT2D eigenvalue weighted by molar-refractivity contribution is 0.263. The molecule has 1 unspecified atom stereocenters. The van der Waals surface area contributed by atoms with Crippen LogP contribution in [0.4, 0.5) is 0 Å². The van der Waals surface area contributed by atoms with Gasteiger partial charge in [-0.3, -0.25) is 0 Å². The molecular weight excluding hydrogens is 370 g/mol. The van der Waals surface area contributed by atoms with E-state index in [4.69, 9.17) is 9.47 Å². The Morgan fingerprint density at radius 1 is 0.767 bits per heavy atom. The average molecular weight is 389 g/mol. The molecule has 2 aliphatic rings. The zero-order valence-electron chi connectivity index (χ0n) is 16.3. The maximum atomic E-state index is 6.06. The molecule has 0 bridgehead atoms. The minimum atomic E-state index is 0.240. The highest BCUT2D eigenvalue weighted by Gasteiger charge is 2.26. The molecule has 5 aromatic rings. The van der Waals surface area contributed by atoms with Gasteiger partial charge in [0.15, 0.2) is 0 Å². The Morgan fingerprint density at radius 3 is 2.37 bits per heavy atom. The van der Waals surface area contributed by atoms with Crippen molar-refractivity contribution in [2.75, 3.05) is 13.2 Å². The van der Waals surface area contributed by atoms with Crippen LogP contribution in [0.25, 0.3) is 49.7 Å². The highest BCUT2D eigenvalue weighted by atomic mass is 16.6. The standard InChI is InChI=1S/C27H19NO2/c1-2-7-20-19(6-1)22-13-12-17(29-15-18-16-30-18)14-26(22)28-25-11-4-3-8-21(25)24-10-5-9-23(20)27(24)28/h1-14,18H,15-16H2. The van der Waals surface area contributed by atoms with E-state index in [1.807, 2.05) is 0 Å². The third kappa shape index (κ3) is 2.24. The Bertz CT molecular complexity index is 1460. The van der Waals surface area contributed by atoms with Gasteiger partial charge in [0, 0.05) is 28.0 Å².